The highest BCUT2D eigenvalue weighted by Crippen LogP contribution is 2.43. The number of carbonyl (C=O) groups is 1. The molecule has 3 rings (SSSR count). The van der Waals surface area contributed by atoms with E-state index in [1.807, 2.05) is 50.2 Å². The standard InChI is InChI=1S/C20H23NO4/c1-4-24-18-10-16-15(13-6-8-14(23-3)9-7-13)11-20(22)21-17(16)12-19(18)25-5-2/h6-10,12,15H,4-5,11H2,1-3H3,(H,21,22). The minimum atomic E-state index is -0.0236. The van der Waals surface area contributed by atoms with Crippen molar-refractivity contribution < 1.29 is 19.0 Å². The molecule has 1 aliphatic rings. The maximum absolute atomic E-state index is 12.2. The molecule has 1 amide bonds. The molecule has 0 aliphatic carbocycles. The summed E-state index contributed by atoms with van der Waals surface area (Å²) in [4.78, 5) is 12.2. The van der Waals surface area contributed by atoms with Gasteiger partial charge in [-0.3, -0.25) is 4.79 Å². The lowest BCUT2D eigenvalue weighted by molar-refractivity contribution is -0.116. The van der Waals surface area contributed by atoms with Gasteiger partial charge in [-0.2, -0.15) is 0 Å². The predicted molar refractivity (Wildman–Crippen MR) is 96.9 cm³/mol. The van der Waals surface area contributed by atoms with Gasteiger partial charge in [0.25, 0.3) is 0 Å². The van der Waals surface area contributed by atoms with Crippen molar-refractivity contribution in [1.29, 1.82) is 0 Å². The second-order valence-corrected chi connectivity index (χ2v) is 5.83. The number of ether oxygens (including phenoxy) is 3. The number of amides is 1. The molecule has 0 radical (unpaired) electrons. The van der Waals surface area contributed by atoms with Crippen molar-refractivity contribution in [1.82, 2.24) is 0 Å². The number of fused-ring (bicyclic) bond motifs is 1. The van der Waals surface area contributed by atoms with Crippen LogP contribution in [0.1, 0.15) is 37.3 Å². The van der Waals surface area contributed by atoms with E-state index < -0.39 is 0 Å². The van der Waals surface area contributed by atoms with Crippen LogP contribution in [0.4, 0.5) is 5.69 Å². The Hall–Kier alpha value is -2.69. The van der Waals surface area contributed by atoms with Gasteiger partial charge < -0.3 is 19.5 Å². The van der Waals surface area contributed by atoms with Gasteiger partial charge in [0.2, 0.25) is 5.91 Å². The molecule has 0 saturated heterocycles. The molecule has 1 heterocycles. The summed E-state index contributed by atoms with van der Waals surface area (Å²) in [6, 6.07) is 11.7. The molecule has 0 bridgehead atoms. The van der Waals surface area contributed by atoms with Crippen LogP contribution in [0.3, 0.4) is 0 Å². The van der Waals surface area contributed by atoms with Crippen LogP contribution >= 0.6 is 0 Å². The fourth-order valence-electron chi connectivity index (χ4n) is 3.14. The maximum atomic E-state index is 12.2. The smallest absolute Gasteiger partial charge is 0.225 e. The van der Waals surface area contributed by atoms with Gasteiger partial charge in [-0.15, -0.1) is 0 Å². The van der Waals surface area contributed by atoms with Crippen molar-refractivity contribution in [2.24, 2.45) is 0 Å². The Morgan fingerprint density at radius 3 is 2.28 bits per heavy atom. The zero-order chi connectivity index (χ0) is 17.8. The van der Waals surface area contributed by atoms with Crippen molar-refractivity contribution in [3.05, 3.63) is 47.5 Å². The van der Waals surface area contributed by atoms with E-state index >= 15 is 0 Å². The second-order valence-electron chi connectivity index (χ2n) is 5.83. The number of hydrogen-bond acceptors (Lipinski definition) is 4. The predicted octanol–water partition coefficient (Wildman–Crippen LogP) is 3.97. The summed E-state index contributed by atoms with van der Waals surface area (Å²) in [5.74, 6) is 2.13. The van der Waals surface area contributed by atoms with E-state index in [4.69, 9.17) is 14.2 Å². The molecule has 0 spiro atoms. The molecule has 2 aromatic carbocycles. The molecule has 5 heteroatoms. The molecule has 0 saturated carbocycles. The number of nitrogens with one attached hydrogen (secondary N) is 1. The monoisotopic (exact) mass is 341 g/mol. The van der Waals surface area contributed by atoms with Crippen molar-refractivity contribution >= 4 is 11.6 Å². The quantitative estimate of drug-likeness (QED) is 0.864. The average Bonchev–Trinajstić information content (AvgIpc) is 2.62. The molecular formula is C20H23NO4. The first-order chi connectivity index (χ1) is 12.2. The molecular weight excluding hydrogens is 318 g/mol. The molecule has 1 N–H and O–H groups in total. The van der Waals surface area contributed by atoms with Crippen LogP contribution in [0.15, 0.2) is 36.4 Å². The van der Waals surface area contributed by atoms with Crippen molar-refractivity contribution in [2.75, 3.05) is 25.6 Å². The summed E-state index contributed by atoms with van der Waals surface area (Å²) in [5.41, 5.74) is 2.89. The van der Waals surface area contributed by atoms with Crippen LogP contribution in [0.2, 0.25) is 0 Å². The lowest BCUT2D eigenvalue weighted by atomic mass is 9.84. The van der Waals surface area contributed by atoms with Gasteiger partial charge in [-0.1, -0.05) is 12.1 Å². The van der Waals surface area contributed by atoms with E-state index in [9.17, 15) is 4.79 Å². The highest BCUT2D eigenvalue weighted by Gasteiger charge is 2.28. The normalized spacial score (nSPS) is 16.0. The Labute approximate surface area is 147 Å². The van der Waals surface area contributed by atoms with E-state index in [-0.39, 0.29) is 11.8 Å². The Balaban J connectivity index is 2.05. The molecule has 1 aliphatic heterocycles. The number of methoxy groups -OCH3 is 1. The third-order valence-electron chi connectivity index (χ3n) is 4.27. The molecule has 0 fully saturated rings. The third kappa shape index (κ3) is 3.55. The number of hydrogen-bond donors (Lipinski definition) is 1. The van der Waals surface area contributed by atoms with Gasteiger partial charge in [0.1, 0.15) is 5.75 Å². The third-order valence-corrected chi connectivity index (χ3v) is 4.27. The minimum Gasteiger partial charge on any atom is -0.497 e. The number of anilines is 1. The summed E-state index contributed by atoms with van der Waals surface area (Å²) in [5, 5.41) is 2.95. The molecule has 1 unspecified atom stereocenters. The largest absolute Gasteiger partial charge is 0.497 e. The number of rotatable bonds is 6. The fraction of sp³-hybridized carbons (Fsp3) is 0.350. The first-order valence-corrected chi connectivity index (χ1v) is 8.53. The van der Waals surface area contributed by atoms with Crippen LogP contribution in [0.5, 0.6) is 17.2 Å². The Morgan fingerprint density at radius 2 is 1.68 bits per heavy atom. The first-order valence-electron chi connectivity index (χ1n) is 8.53. The van der Waals surface area contributed by atoms with Gasteiger partial charge in [0.05, 0.1) is 20.3 Å². The van der Waals surface area contributed by atoms with Crippen LogP contribution in [0, 0.1) is 0 Å². The Kier molecular flexibility index (Phi) is 5.12. The Bertz CT molecular complexity index is 755. The molecule has 5 nitrogen and oxygen atoms in total. The number of benzene rings is 2. The highest BCUT2D eigenvalue weighted by molar-refractivity contribution is 5.96. The van der Waals surface area contributed by atoms with Crippen LogP contribution in [-0.2, 0) is 4.79 Å². The first kappa shape index (κ1) is 17.1. The second kappa shape index (κ2) is 7.47. The lowest BCUT2D eigenvalue weighted by Gasteiger charge is -2.27. The van der Waals surface area contributed by atoms with E-state index in [1.54, 1.807) is 7.11 Å². The minimum absolute atomic E-state index is 0.0000681. The van der Waals surface area contributed by atoms with Crippen LogP contribution in [0.25, 0.3) is 0 Å². The summed E-state index contributed by atoms with van der Waals surface area (Å²) < 4.78 is 16.6. The van der Waals surface area contributed by atoms with E-state index in [0.29, 0.717) is 31.1 Å². The zero-order valence-electron chi connectivity index (χ0n) is 14.8. The Morgan fingerprint density at radius 1 is 1.04 bits per heavy atom. The molecule has 1 atom stereocenters. The molecule has 132 valence electrons. The highest BCUT2D eigenvalue weighted by atomic mass is 16.5. The fourth-order valence-corrected chi connectivity index (χ4v) is 3.14. The molecule has 25 heavy (non-hydrogen) atoms. The van der Waals surface area contributed by atoms with Crippen LogP contribution < -0.4 is 19.5 Å². The SMILES string of the molecule is CCOc1cc2c(cc1OCC)C(c1ccc(OC)cc1)CC(=O)N2. The van der Waals surface area contributed by atoms with Gasteiger partial charge in [-0.05, 0) is 43.2 Å². The topological polar surface area (TPSA) is 56.8 Å². The maximum Gasteiger partial charge on any atom is 0.225 e. The van der Waals surface area contributed by atoms with Crippen LogP contribution in [-0.4, -0.2) is 26.2 Å². The van der Waals surface area contributed by atoms with Crippen molar-refractivity contribution in [3.8, 4) is 17.2 Å². The zero-order valence-corrected chi connectivity index (χ0v) is 14.8. The van der Waals surface area contributed by atoms with Crippen molar-refractivity contribution in [2.45, 2.75) is 26.2 Å². The van der Waals surface area contributed by atoms with E-state index in [2.05, 4.69) is 5.32 Å². The summed E-state index contributed by atoms with van der Waals surface area (Å²) >= 11 is 0. The summed E-state index contributed by atoms with van der Waals surface area (Å²) in [6.45, 7) is 4.96. The molecule has 2 aromatic rings. The van der Waals surface area contributed by atoms with E-state index in [0.717, 1.165) is 22.6 Å². The van der Waals surface area contributed by atoms with E-state index in [1.165, 1.54) is 0 Å². The number of carbonyl (C=O) groups excluding carboxylic acids is 1. The summed E-state index contributed by atoms with van der Waals surface area (Å²) in [6.07, 6.45) is 0.402. The van der Waals surface area contributed by atoms with Gasteiger partial charge in [-0.25, -0.2) is 0 Å². The summed E-state index contributed by atoms with van der Waals surface area (Å²) in [7, 11) is 1.64. The van der Waals surface area contributed by atoms with Crippen molar-refractivity contribution in [3.63, 3.8) is 0 Å². The van der Waals surface area contributed by atoms with Gasteiger partial charge in [0, 0.05) is 24.1 Å². The molecule has 0 aromatic heterocycles. The van der Waals surface area contributed by atoms with Gasteiger partial charge >= 0.3 is 0 Å². The van der Waals surface area contributed by atoms with Gasteiger partial charge in [0.15, 0.2) is 11.5 Å². The average molecular weight is 341 g/mol. The lowest BCUT2D eigenvalue weighted by Crippen LogP contribution is -2.23.